The molecule has 0 radical (unpaired) electrons. The van der Waals surface area contributed by atoms with Gasteiger partial charge in [-0.1, -0.05) is 19.8 Å². The van der Waals surface area contributed by atoms with E-state index in [-0.39, 0.29) is 5.75 Å². The number of unbranched alkanes of at least 4 members (excludes halogenated alkanes) is 2. The number of aromatic hydroxyl groups is 1. The molecular weight excluding hydrogens is 276 g/mol. The van der Waals surface area contributed by atoms with E-state index >= 15 is 0 Å². The number of phenols is 1. The van der Waals surface area contributed by atoms with Crippen LogP contribution in [0.15, 0.2) is 24.7 Å². The predicted octanol–water partition coefficient (Wildman–Crippen LogP) is 4.21. The Bertz CT molecular complexity index is 695. The van der Waals surface area contributed by atoms with Crippen molar-refractivity contribution in [1.29, 1.82) is 0 Å². The molecule has 1 N–H and O–H groups in total. The van der Waals surface area contributed by atoms with Crippen LogP contribution < -0.4 is 4.74 Å². The largest absolute Gasteiger partial charge is 0.507 e. The minimum Gasteiger partial charge on any atom is -0.507 e. The second-order valence-electron chi connectivity index (χ2n) is 6.34. The van der Waals surface area contributed by atoms with Gasteiger partial charge in [0.05, 0.1) is 11.3 Å². The number of ether oxygens (including phenoxy) is 1. The van der Waals surface area contributed by atoms with Gasteiger partial charge in [0, 0.05) is 11.8 Å². The molecular formula is C18H22N2O2. The number of fused-ring (bicyclic) bond motifs is 3. The summed E-state index contributed by atoms with van der Waals surface area (Å²) >= 11 is 0. The first-order valence-electron chi connectivity index (χ1n) is 7.88. The molecule has 0 fully saturated rings. The van der Waals surface area contributed by atoms with Gasteiger partial charge in [-0.15, -0.1) is 0 Å². The zero-order valence-corrected chi connectivity index (χ0v) is 13.4. The van der Waals surface area contributed by atoms with E-state index in [9.17, 15) is 5.11 Å². The molecule has 0 unspecified atom stereocenters. The lowest BCUT2D eigenvalue weighted by Gasteiger charge is -2.34. The Morgan fingerprint density at radius 3 is 2.82 bits per heavy atom. The molecule has 116 valence electrons. The predicted molar refractivity (Wildman–Crippen MR) is 86.0 cm³/mol. The summed E-state index contributed by atoms with van der Waals surface area (Å²) < 4.78 is 6.13. The molecule has 1 aliphatic heterocycles. The Balaban J connectivity index is 2.06. The number of phenolic OH excluding ortho intramolecular Hbond substituents is 1. The molecule has 1 aromatic carbocycles. The van der Waals surface area contributed by atoms with E-state index < -0.39 is 5.60 Å². The molecule has 22 heavy (non-hydrogen) atoms. The number of benzene rings is 1. The number of aromatic nitrogens is 2. The number of hydrogen-bond acceptors (Lipinski definition) is 4. The maximum Gasteiger partial charge on any atom is 0.134 e. The van der Waals surface area contributed by atoms with Gasteiger partial charge in [-0.2, -0.15) is 0 Å². The van der Waals surface area contributed by atoms with Gasteiger partial charge < -0.3 is 9.84 Å². The molecule has 1 aromatic heterocycles. The summed E-state index contributed by atoms with van der Waals surface area (Å²) in [4.78, 5) is 8.46. The highest BCUT2D eigenvalue weighted by Crippen LogP contribution is 2.48. The summed E-state index contributed by atoms with van der Waals surface area (Å²) in [5.41, 5.74) is 2.95. The number of rotatable bonds is 4. The third kappa shape index (κ3) is 2.54. The van der Waals surface area contributed by atoms with Gasteiger partial charge >= 0.3 is 0 Å². The summed E-state index contributed by atoms with van der Waals surface area (Å²) in [5.74, 6) is 0.946. The van der Waals surface area contributed by atoms with Crippen LogP contribution in [0.5, 0.6) is 11.5 Å². The van der Waals surface area contributed by atoms with Crippen LogP contribution >= 0.6 is 0 Å². The molecule has 3 rings (SSSR count). The highest BCUT2D eigenvalue weighted by Gasteiger charge is 2.35. The van der Waals surface area contributed by atoms with Crippen LogP contribution in [0.1, 0.15) is 51.2 Å². The van der Waals surface area contributed by atoms with Crippen molar-refractivity contribution in [3.05, 3.63) is 35.8 Å². The van der Waals surface area contributed by atoms with E-state index in [4.69, 9.17) is 4.74 Å². The molecule has 0 bridgehead atoms. The number of hydrogen-bond donors (Lipinski definition) is 1. The molecule has 0 spiro atoms. The monoisotopic (exact) mass is 298 g/mol. The molecule has 0 amide bonds. The average molecular weight is 298 g/mol. The second kappa shape index (κ2) is 5.59. The lowest BCUT2D eigenvalue weighted by Crippen LogP contribution is -2.30. The Labute approximate surface area is 131 Å². The summed E-state index contributed by atoms with van der Waals surface area (Å²) in [5, 5.41) is 10.5. The van der Waals surface area contributed by atoms with E-state index in [2.05, 4.69) is 16.9 Å². The fourth-order valence-electron chi connectivity index (χ4n) is 3.00. The first-order valence-corrected chi connectivity index (χ1v) is 7.88. The van der Waals surface area contributed by atoms with Crippen LogP contribution in [0.25, 0.3) is 11.3 Å². The van der Waals surface area contributed by atoms with Crippen molar-refractivity contribution in [2.45, 2.75) is 52.1 Å². The zero-order valence-electron chi connectivity index (χ0n) is 13.4. The maximum atomic E-state index is 10.5. The molecule has 0 atom stereocenters. The van der Waals surface area contributed by atoms with Crippen molar-refractivity contribution in [2.75, 3.05) is 0 Å². The van der Waals surface area contributed by atoms with E-state index in [0.717, 1.165) is 29.7 Å². The van der Waals surface area contributed by atoms with E-state index in [1.54, 1.807) is 6.20 Å². The smallest absolute Gasteiger partial charge is 0.134 e. The molecule has 1 aliphatic rings. The van der Waals surface area contributed by atoms with Gasteiger partial charge in [0.1, 0.15) is 23.4 Å². The zero-order chi connectivity index (χ0) is 15.7. The fraction of sp³-hybridized carbons (Fsp3) is 0.444. The number of aryl methyl sites for hydroxylation is 1. The normalized spacial score (nSPS) is 14.9. The highest BCUT2D eigenvalue weighted by molar-refractivity contribution is 5.79. The maximum absolute atomic E-state index is 10.5. The van der Waals surface area contributed by atoms with Crippen molar-refractivity contribution in [1.82, 2.24) is 9.97 Å². The van der Waals surface area contributed by atoms with Gasteiger partial charge in [0.25, 0.3) is 0 Å². The van der Waals surface area contributed by atoms with Crippen LogP contribution in [-0.4, -0.2) is 15.1 Å². The van der Waals surface area contributed by atoms with Crippen LogP contribution in [-0.2, 0) is 12.0 Å². The minimum atomic E-state index is -0.502. The summed E-state index contributed by atoms with van der Waals surface area (Å²) in [6, 6.07) is 3.87. The molecule has 2 heterocycles. The minimum absolute atomic E-state index is 0.236. The van der Waals surface area contributed by atoms with Gasteiger partial charge in [-0.05, 0) is 44.4 Å². The van der Waals surface area contributed by atoms with E-state index in [1.165, 1.54) is 19.2 Å². The summed E-state index contributed by atoms with van der Waals surface area (Å²) in [7, 11) is 0. The van der Waals surface area contributed by atoms with Crippen LogP contribution in [0.2, 0.25) is 0 Å². The summed E-state index contributed by atoms with van der Waals surface area (Å²) in [6.07, 6.45) is 7.73. The molecule has 2 aromatic rings. The van der Waals surface area contributed by atoms with E-state index in [0.29, 0.717) is 11.3 Å². The van der Waals surface area contributed by atoms with Crippen molar-refractivity contribution in [3.63, 3.8) is 0 Å². The Morgan fingerprint density at radius 2 is 2.05 bits per heavy atom. The lowest BCUT2D eigenvalue weighted by atomic mass is 9.89. The molecule has 4 heteroatoms. The van der Waals surface area contributed by atoms with Crippen molar-refractivity contribution in [3.8, 4) is 22.8 Å². The van der Waals surface area contributed by atoms with Crippen molar-refractivity contribution >= 4 is 0 Å². The van der Waals surface area contributed by atoms with Crippen molar-refractivity contribution in [2.24, 2.45) is 0 Å². The third-order valence-electron chi connectivity index (χ3n) is 4.17. The topological polar surface area (TPSA) is 55.2 Å². The Morgan fingerprint density at radius 1 is 1.23 bits per heavy atom. The standard InChI is InChI=1S/C18H22N2O2/c1-4-5-6-7-12-8-14(21)16-15(9-12)22-18(2,3)13-10-19-11-20-17(13)16/h8-11,21H,4-7H2,1-3H3. The molecule has 0 saturated carbocycles. The highest BCUT2D eigenvalue weighted by atomic mass is 16.5. The van der Waals surface area contributed by atoms with Gasteiger partial charge in [-0.3, -0.25) is 0 Å². The quantitative estimate of drug-likeness (QED) is 0.859. The molecule has 0 aliphatic carbocycles. The van der Waals surface area contributed by atoms with Gasteiger partial charge in [-0.25, -0.2) is 9.97 Å². The van der Waals surface area contributed by atoms with E-state index in [1.807, 2.05) is 26.0 Å². The molecule has 4 nitrogen and oxygen atoms in total. The first kappa shape index (κ1) is 14.8. The van der Waals surface area contributed by atoms with Crippen LogP contribution in [0, 0.1) is 0 Å². The molecule has 0 saturated heterocycles. The Kier molecular flexibility index (Phi) is 3.77. The average Bonchev–Trinajstić information content (AvgIpc) is 2.46. The third-order valence-corrected chi connectivity index (χ3v) is 4.17. The SMILES string of the molecule is CCCCCc1cc(O)c2c(c1)OC(C)(C)c1cncnc1-2. The van der Waals surface area contributed by atoms with Gasteiger partial charge in [0.15, 0.2) is 0 Å². The lowest BCUT2D eigenvalue weighted by molar-refractivity contribution is 0.104. The van der Waals surface area contributed by atoms with Crippen LogP contribution in [0.3, 0.4) is 0 Å². The fourth-order valence-corrected chi connectivity index (χ4v) is 3.00. The second-order valence-corrected chi connectivity index (χ2v) is 6.34. The summed E-state index contributed by atoms with van der Waals surface area (Å²) in [6.45, 7) is 6.18. The van der Waals surface area contributed by atoms with Crippen LogP contribution in [0.4, 0.5) is 0 Å². The number of nitrogens with zero attached hydrogens (tertiary/aromatic N) is 2. The Hall–Kier alpha value is -2.10. The van der Waals surface area contributed by atoms with Gasteiger partial charge in [0.2, 0.25) is 0 Å². The van der Waals surface area contributed by atoms with Crippen molar-refractivity contribution < 1.29 is 9.84 Å². The first-order chi connectivity index (χ1) is 10.5.